The van der Waals surface area contributed by atoms with Gasteiger partial charge in [0.1, 0.15) is 5.56 Å². The minimum atomic E-state index is -0.921. The van der Waals surface area contributed by atoms with E-state index in [4.69, 9.17) is 4.74 Å². The molecule has 0 unspecified atom stereocenters. The summed E-state index contributed by atoms with van der Waals surface area (Å²) in [5.74, 6) is -1.45. The van der Waals surface area contributed by atoms with E-state index in [0.29, 0.717) is 5.69 Å². The maximum Gasteiger partial charge on any atom is 0.345 e. The third-order valence-electron chi connectivity index (χ3n) is 3.69. The molecule has 0 saturated heterocycles. The number of ether oxygens (including phenoxy) is 1. The number of benzene rings is 2. The molecule has 2 rings (SSSR count). The van der Waals surface area contributed by atoms with Gasteiger partial charge in [-0.2, -0.15) is 0 Å². The van der Waals surface area contributed by atoms with Crippen LogP contribution in [0.1, 0.15) is 36.7 Å². The number of rotatable bonds is 5. The lowest BCUT2D eigenvalue weighted by molar-refractivity contribution is -0.385. The number of para-hydroxylation sites is 1. The van der Waals surface area contributed by atoms with E-state index in [9.17, 15) is 19.7 Å². The third kappa shape index (κ3) is 4.89. The summed E-state index contributed by atoms with van der Waals surface area (Å²) in [7, 11) is 0. The van der Waals surface area contributed by atoms with E-state index in [1.165, 1.54) is 24.3 Å². The minimum absolute atomic E-state index is 0.00245. The molecule has 1 amide bonds. The number of anilines is 1. The van der Waals surface area contributed by atoms with Crippen molar-refractivity contribution in [2.75, 3.05) is 11.9 Å². The van der Waals surface area contributed by atoms with Gasteiger partial charge < -0.3 is 10.1 Å². The number of nitro groups is 1. The number of nitrogens with zero attached hydrogens (tertiary/aromatic N) is 1. The number of carbonyl (C=O) groups is 2. The maximum atomic E-state index is 12.0. The smallest absolute Gasteiger partial charge is 0.345 e. The number of carbonyl (C=O) groups excluding carboxylic acids is 2. The second-order valence-electron chi connectivity index (χ2n) is 6.73. The van der Waals surface area contributed by atoms with E-state index in [2.05, 4.69) is 26.1 Å². The fraction of sp³-hybridized carbons (Fsp3) is 0.263. The molecule has 0 spiro atoms. The van der Waals surface area contributed by atoms with E-state index >= 15 is 0 Å². The van der Waals surface area contributed by atoms with Crippen molar-refractivity contribution < 1.29 is 19.2 Å². The Hall–Kier alpha value is -3.22. The minimum Gasteiger partial charge on any atom is -0.452 e. The van der Waals surface area contributed by atoms with Gasteiger partial charge in [-0.25, -0.2) is 4.79 Å². The van der Waals surface area contributed by atoms with Crippen molar-refractivity contribution in [1.29, 1.82) is 0 Å². The quantitative estimate of drug-likeness (QED) is 0.500. The highest BCUT2D eigenvalue weighted by molar-refractivity contribution is 5.97. The molecule has 0 radical (unpaired) electrons. The van der Waals surface area contributed by atoms with Crippen molar-refractivity contribution >= 4 is 23.3 Å². The van der Waals surface area contributed by atoms with Crippen LogP contribution >= 0.6 is 0 Å². The predicted octanol–water partition coefficient (Wildman–Crippen LogP) is 3.69. The summed E-state index contributed by atoms with van der Waals surface area (Å²) in [4.78, 5) is 34.2. The van der Waals surface area contributed by atoms with Gasteiger partial charge in [-0.1, -0.05) is 45.0 Å². The zero-order valence-electron chi connectivity index (χ0n) is 14.8. The van der Waals surface area contributed by atoms with Crippen molar-refractivity contribution in [3.63, 3.8) is 0 Å². The summed E-state index contributed by atoms with van der Waals surface area (Å²) in [5, 5.41) is 13.5. The van der Waals surface area contributed by atoms with Crippen LogP contribution in [-0.4, -0.2) is 23.4 Å². The third-order valence-corrected chi connectivity index (χ3v) is 3.69. The first-order valence-corrected chi connectivity index (χ1v) is 7.99. The molecule has 26 heavy (non-hydrogen) atoms. The molecule has 0 atom stereocenters. The second-order valence-corrected chi connectivity index (χ2v) is 6.73. The monoisotopic (exact) mass is 356 g/mol. The Morgan fingerprint density at radius 3 is 2.27 bits per heavy atom. The molecule has 0 aliphatic rings. The molecule has 0 aliphatic carbocycles. The second kappa shape index (κ2) is 7.77. The molecule has 0 bridgehead atoms. The van der Waals surface area contributed by atoms with Gasteiger partial charge in [-0.3, -0.25) is 14.9 Å². The first kappa shape index (κ1) is 19.1. The van der Waals surface area contributed by atoms with E-state index in [1.54, 1.807) is 12.1 Å². The summed E-state index contributed by atoms with van der Waals surface area (Å²) in [6.45, 7) is 5.72. The first-order chi connectivity index (χ1) is 12.2. The van der Waals surface area contributed by atoms with Gasteiger partial charge in [0.05, 0.1) is 4.92 Å². The van der Waals surface area contributed by atoms with Crippen LogP contribution in [0.25, 0.3) is 0 Å². The summed E-state index contributed by atoms with van der Waals surface area (Å²) in [6, 6.07) is 12.8. The normalized spacial score (nSPS) is 10.9. The number of nitrogens with one attached hydrogen (secondary N) is 1. The highest BCUT2D eigenvalue weighted by atomic mass is 16.6. The van der Waals surface area contributed by atoms with Crippen LogP contribution in [0, 0.1) is 10.1 Å². The largest absolute Gasteiger partial charge is 0.452 e. The fourth-order valence-electron chi connectivity index (χ4n) is 2.26. The first-order valence-electron chi connectivity index (χ1n) is 7.99. The number of hydrogen-bond donors (Lipinski definition) is 1. The lowest BCUT2D eigenvalue weighted by Gasteiger charge is -2.19. The van der Waals surface area contributed by atoms with Crippen LogP contribution in [0.5, 0.6) is 0 Å². The van der Waals surface area contributed by atoms with Crippen LogP contribution in [-0.2, 0) is 14.9 Å². The topological polar surface area (TPSA) is 98.5 Å². The maximum absolute atomic E-state index is 12.0. The molecule has 2 aromatic carbocycles. The summed E-state index contributed by atoms with van der Waals surface area (Å²) in [5.41, 5.74) is 1.14. The predicted molar refractivity (Wildman–Crippen MR) is 97.2 cm³/mol. The fourth-order valence-corrected chi connectivity index (χ4v) is 2.26. The van der Waals surface area contributed by atoms with Crippen LogP contribution < -0.4 is 5.32 Å². The van der Waals surface area contributed by atoms with Gasteiger partial charge >= 0.3 is 5.97 Å². The van der Waals surface area contributed by atoms with Crippen molar-refractivity contribution in [1.82, 2.24) is 0 Å². The highest BCUT2D eigenvalue weighted by Gasteiger charge is 2.21. The van der Waals surface area contributed by atoms with E-state index in [0.717, 1.165) is 5.56 Å². The average molecular weight is 356 g/mol. The molecule has 7 heteroatoms. The van der Waals surface area contributed by atoms with E-state index in [1.807, 2.05) is 12.1 Å². The Morgan fingerprint density at radius 2 is 1.69 bits per heavy atom. The Labute approximate surface area is 151 Å². The molecule has 7 nitrogen and oxygen atoms in total. The van der Waals surface area contributed by atoms with Gasteiger partial charge in [-0.05, 0) is 29.2 Å². The molecular weight excluding hydrogens is 336 g/mol. The Kier molecular flexibility index (Phi) is 5.71. The molecule has 0 aromatic heterocycles. The van der Waals surface area contributed by atoms with Gasteiger partial charge in [0.25, 0.3) is 11.6 Å². The van der Waals surface area contributed by atoms with Crippen LogP contribution in [0.2, 0.25) is 0 Å². The molecule has 136 valence electrons. The van der Waals surface area contributed by atoms with Crippen molar-refractivity contribution in [2.24, 2.45) is 0 Å². The SMILES string of the molecule is CC(C)(C)c1ccc(NC(=O)COC(=O)c2ccccc2[N+](=O)[O-])cc1. The number of nitro benzene ring substituents is 1. The number of esters is 1. The molecule has 1 N–H and O–H groups in total. The number of hydrogen-bond acceptors (Lipinski definition) is 5. The van der Waals surface area contributed by atoms with Gasteiger partial charge in [0.15, 0.2) is 6.61 Å². The standard InChI is InChI=1S/C19H20N2O5/c1-19(2,3)13-8-10-14(11-9-13)20-17(22)12-26-18(23)15-6-4-5-7-16(15)21(24)25/h4-11H,12H2,1-3H3,(H,20,22). The zero-order chi connectivity index (χ0) is 19.3. The Morgan fingerprint density at radius 1 is 1.08 bits per heavy atom. The van der Waals surface area contributed by atoms with Crippen LogP contribution in [0.4, 0.5) is 11.4 Å². The molecular formula is C19H20N2O5. The van der Waals surface area contributed by atoms with E-state index in [-0.39, 0.29) is 16.7 Å². The van der Waals surface area contributed by atoms with E-state index < -0.39 is 23.4 Å². The average Bonchev–Trinajstić information content (AvgIpc) is 2.59. The summed E-state index contributed by atoms with van der Waals surface area (Å²) < 4.78 is 4.88. The molecule has 0 fully saturated rings. The number of amides is 1. The summed E-state index contributed by atoms with van der Waals surface area (Å²) in [6.07, 6.45) is 0. The van der Waals surface area contributed by atoms with Crippen molar-refractivity contribution in [2.45, 2.75) is 26.2 Å². The lowest BCUT2D eigenvalue weighted by Crippen LogP contribution is -2.21. The van der Waals surface area contributed by atoms with Gasteiger partial charge in [0, 0.05) is 11.8 Å². The van der Waals surface area contributed by atoms with Crippen LogP contribution in [0.3, 0.4) is 0 Å². The highest BCUT2D eigenvalue weighted by Crippen LogP contribution is 2.23. The molecule has 0 aliphatic heterocycles. The summed E-state index contributed by atoms with van der Waals surface area (Å²) >= 11 is 0. The van der Waals surface area contributed by atoms with Crippen molar-refractivity contribution in [3.8, 4) is 0 Å². The molecule has 2 aromatic rings. The molecule has 0 heterocycles. The van der Waals surface area contributed by atoms with Crippen molar-refractivity contribution in [3.05, 3.63) is 69.8 Å². The molecule has 0 saturated carbocycles. The Bertz CT molecular complexity index is 823. The lowest BCUT2D eigenvalue weighted by atomic mass is 9.87. The van der Waals surface area contributed by atoms with Gasteiger partial charge in [-0.15, -0.1) is 0 Å². The van der Waals surface area contributed by atoms with Gasteiger partial charge in [0.2, 0.25) is 0 Å². The zero-order valence-corrected chi connectivity index (χ0v) is 14.8. The van der Waals surface area contributed by atoms with Crippen LogP contribution in [0.15, 0.2) is 48.5 Å². The Balaban J connectivity index is 1.95.